The van der Waals surface area contributed by atoms with Gasteiger partial charge >= 0.3 is 6.03 Å². The minimum atomic E-state index is -0.751. The number of carbonyl (C=O) groups is 3. The van der Waals surface area contributed by atoms with Gasteiger partial charge in [-0.2, -0.15) is 0 Å². The topological polar surface area (TPSA) is 94.7 Å². The van der Waals surface area contributed by atoms with Crippen LogP contribution in [0.15, 0.2) is 97.1 Å². The second kappa shape index (κ2) is 10.6. The molecule has 43 heavy (non-hydrogen) atoms. The van der Waals surface area contributed by atoms with Gasteiger partial charge in [-0.1, -0.05) is 66.2 Å². The molecule has 1 saturated heterocycles. The van der Waals surface area contributed by atoms with Crippen LogP contribution >= 0.6 is 11.6 Å². The van der Waals surface area contributed by atoms with E-state index < -0.39 is 18.1 Å². The standard InChI is InChI=1S/C34H27ClN4O4/c1-43-23-15-13-20(14-16-23)19-36-32(40)25-10-3-5-12-28(25)39-33(41)29-18-26-24-9-2-4-11-27(24)37-30(26)31(38(29)34(39)42)21-7-6-8-22(35)17-21/h2-17,29,31,37H,18-19H2,1H3,(H,36,40)/t29-,31?/m0/s1. The number of nitrogens with zero attached hydrogens (tertiary/aromatic N) is 2. The lowest BCUT2D eigenvalue weighted by atomic mass is 9.89. The van der Waals surface area contributed by atoms with Gasteiger partial charge in [0.15, 0.2) is 0 Å². The summed E-state index contributed by atoms with van der Waals surface area (Å²) in [6.45, 7) is 0.270. The Labute approximate surface area is 252 Å². The molecule has 0 radical (unpaired) electrons. The summed E-state index contributed by atoms with van der Waals surface area (Å²) in [6.07, 6.45) is 0.351. The van der Waals surface area contributed by atoms with Crippen LogP contribution in [0.5, 0.6) is 5.75 Å². The van der Waals surface area contributed by atoms with Gasteiger partial charge in [-0.25, -0.2) is 9.69 Å². The highest BCUT2D eigenvalue weighted by atomic mass is 35.5. The average molecular weight is 591 g/mol. The van der Waals surface area contributed by atoms with Gasteiger partial charge < -0.3 is 15.0 Å². The summed E-state index contributed by atoms with van der Waals surface area (Å²) < 4.78 is 5.21. The van der Waals surface area contributed by atoms with E-state index in [0.717, 1.165) is 43.9 Å². The monoisotopic (exact) mass is 590 g/mol. The Kier molecular flexibility index (Phi) is 6.63. The molecule has 0 bridgehead atoms. The van der Waals surface area contributed by atoms with Crippen molar-refractivity contribution in [1.82, 2.24) is 15.2 Å². The first-order valence-corrected chi connectivity index (χ1v) is 14.3. The molecule has 0 aliphatic carbocycles. The van der Waals surface area contributed by atoms with Gasteiger partial charge in [0, 0.05) is 34.6 Å². The van der Waals surface area contributed by atoms with E-state index >= 15 is 0 Å². The number of aromatic amines is 1. The van der Waals surface area contributed by atoms with Gasteiger partial charge in [0.05, 0.1) is 18.4 Å². The number of methoxy groups -OCH3 is 1. The molecule has 3 heterocycles. The Balaban J connectivity index is 1.25. The van der Waals surface area contributed by atoms with E-state index in [1.165, 1.54) is 0 Å². The Morgan fingerprint density at radius 3 is 2.53 bits per heavy atom. The number of carbonyl (C=O) groups excluding carboxylic acids is 3. The third-order valence-corrected chi connectivity index (χ3v) is 8.45. The number of halogens is 1. The molecular weight excluding hydrogens is 564 g/mol. The van der Waals surface area contributed by atoms with Crippen molar-refractivity contribution in [1.29, 1.82) is 0 Å². The minimum Gasteiger partial charge on any atom is -0.497 e. The number of ether oxygens (including phenoxy) is 1. The number of hydrogen-bond donors (Lipinski definition) is 2. The molecule has 214 valence electrons. The Morgan fingerprint density at radius 2 is 1.74 bits per heavy atom. The van der Waals surface area contributed by atoms with Crippen LogP contribution in [0.25, 0.3) is 10.9 Å². The Bertz CT molecular complexity index is 1900. The van der Waals surface area contributed by atoms with Crippen molar-refractivity contribution in [2.45, 2.75) is 25.0 Å². The van der Waals surface area contributed by atoms with E-state index in [9.17, 15) is 14.4 Å². The highest BCUT2D eigenvalue weighted by Crippen LogP contribution is 2.45. The van der Waals surface area contributed by atoms with Crippen molar-refractivity contribution in [3.05, 3.63) is 130 Å². The zero-order valence-electron chi connectivity index (χ0n) is 23.2. The van der Waals surface area contributed by atoms with Crippen molar-refractivity contribution in [2.75, 3.05) is 12.0 Å². The maximum absolute atomic E-state index is 14.3. The predicted molar refractivity (Wildman–Crippen MR) is 164 cm³/mol. The number of fused-ring (bicyclic) bond motifs is 4. The van der Waals surface area contributed by atoms with Crippen molar-refractivity contribution < 1.29 is 19.1 Å². The molecule has 5 aromatic rings. The summed E-state index contributed by atoms with van der Waals surface area (Å²) in [7, 11) is 1.59. The van der Waals surface area contributed by atoms with E-state index in [0.29, 0.717) is 11.4 Å². The summed E-state index contributed by atoms with van der Waals surface area (Å²) in [5.74, 6) is -0.0407. The van der Waals surface area contributed by atoms with Crippen molar-refractivity contribution in [3.63, 3.8) is 0 Å². The molecule has 0 saturated carbocycles. The quantitative estimate of drug-likeness (QED) is 0.229. The fourth-order valence-electron chi connectivity index (χ4n) is 6.20. The first kappa shape index (κ1) is 26.8. The first-order valence-electron chi connectivity index (χ1n) is 14.0. The Morgan fingerprint density at radius 1 is 0.977 bits per heavy atom. The van der Waals surface area contributed by atoms with E-state index in [4.69, 9.17) is 16.3 Å². The first-order chi connectivity index (χ1) is 20.9. The summed E-state index contributed by atoms with van der Waals surface area (Å²) in [5.41, 5.74) is 4.95. The summed E-state index contributed by atoms with van der Waals surface area (Å²) in [5, 5.41) is 4.47. The number of rotatable bonds is 6. The zero-order valence-corrected chi connectivity index (χ0v) is 24.0. The van der Waals surface area contributed by atoms with Crippen molar-refractivity contribution in [3.8, 4) is 5.75 Å². The molecule has 9 heteroatoms. The van der Waals surface area contributed by atoms with Crippen LogP contribution in [0, 0.1) is 0 Å². The number of imide groups is 1. The van der Waals surface area contributed by atoms with E-state index in [1.54, 1.807) is 42.3 Å². The van der Waals surface area contributed by atoms with Crippen LogP contribution in [-0.2, 0) is 17.8 Å². The molecule has 7 rings (SSSR count). The molecule has 8 nitrogen and oxygen atoms in total. The van der Waals surface area contributed by atoms with Gasteiger partial charge in [-0.05, 0) is 59.2 Å². The van der Waals surface area contributed by atoms with Crippen LogP contribution in [0.4, 0.5) is 10.5 Å². The maximum atomic E-state index is 14.3. The molecule has 1 fully saturated rings. The summed E-state index contributed by atoms with van der Waals surface area (Å²) in [6, 6.07) is 27.6. The fraction of sp³-hybridized carbons (Fsp3) is 0.147. The molecule has 1 unspecified atom stereocenters. The lowest BCUT2D eigenvalue weighted by Gasteiger charge is -2.36. The highest BCUT2D eigenvalue weighted by Gasteiger charge is 2.53. The molecule has 2 atom stereocenters. The zero-order chi connectivity index (χ0) is 29.7. The molecule has 1 aromatic heterocycles. The number of anilines is 1. The molecule has 2 aliphatic heterocycles. The van der Waals surface area contributed by atoms with Gasteiger partial charge in [0.2, 0.25) is 0 Å². The van der Waals surface area contributed by atoms with Crippen molar-refractivity contribution in [2.24, 2.45) is 0 Å². The minimum absolute atomic E-state index is 0.237. The smallest absolute Gasteiger partial charge is 0.332 e. The van der Waals surface area contributed by atoms with Gasteiger partial charge in [-0.15, -0.1) is 0 Å². The normalized spacial score (nSPS) is 17.6. The number of benzene rings is 4. The molecule has 4 amide bonds. The third-order valence-electron chi connectivity index (χ3n) is 8.22. The predicted octanol–water partition coefficient (Wildman–Crippen LogP) is 6.24. The number of hydrogen-bond acceptors (Lipinski definition) is 4. The molecule has 2 N–H and O–H groups in total. The van der Waals surface area contributed by atoms with Gasteiger partial charge in [0.1, 0.15) is 17.8 Å². The number of para-hydroxylation sites is 2. The molecule has 4 aromatic carbocycles. The number of nitrogens with one attached hydrogen (secondary N) is 2. The second-order valence-electron chi connectivity index (χ2n) is 10.7. The number of aromatic nitrogens is 1. The van der Waals surface area contributed by atoms with Crippen LogP contribution in [-0.4, -0.2) is 40.9 Å². The van der Waals surface area contributed by atoms with Crippen LogP contribution in [0.2, 0.25) is 5.02 Å². The third kappa shape index (κ3) is 4.51. The second-order valence-corrected chi connectivity index (χ2v) is 11.1. The van der Waals surface area contributed by atoms with Crippen LogP contribution in [0.3, 0.4) is 0 Å². The number of urea groups is 1. The molecule has 2 aliphatic rings. The molecular formula is C34H27ClN4O4. The van der Waals surface area contributed by atoms with Crippen LogP contribution in [0.1, 0.15) is 38.8 Å². The largest absolute Gasteiger partial charge is 0.497 e. The summed E-state index contributed by atoms with van der Waals surface area (Å²) >= 11 is 6.41. The SMILES string of the molecule is COc1ccc(CNC(=O)c2ccccc2N2C(=O)[C@@H]3Cc4c([nH]c5ccccc45)C(c4cccc(Cl)c4)N3C2=O)cc1. The summed E-state index contributed by atoms with van der Waals surface area (Å²) in [4.78, 5) is 48.2. The lowest BCUT2D eigenvalue weighted by molar-refractivity contribution is -0.120. The van der Waals surface area contributed by atoms with E-state index in [-0.39, 0.29) is 29.6 Å². The molecule has 0 spiro atoms. The van der Waals surface area contributed by atoms with Gasteiger partial charge in [0.25, 0.3) is 11.8 Å². The van der Waals surface area contributed by atoms with E-state index in [2.05, 4.69) is 10.3 Å². The lowest BCUT2D eigenvalue weighted by Crippen LogP contribution is -2.44. The van der Waals surface area contributed by atoms with Gasteiger partial charge in [-0.3, -0.25) is 14.5 Å². The fourth-order valence-corrected chi connectivity index (χ4v) is 6.40. The average Bonchev–Trinajstić information content (AvgIpc) is 3.52. The highest BCUT2D eigenvalue weighted by molar-refractivity contribution is 6.30. The number of amides is 4. The Hall–Kier alpha value is -5.08. The van der Waals surface area contributed by atoms with Crippen molar-refractivity contribution >= 4 is 46.0 Å². The number of H-pyrrole nitrogens is 1. The van der Waals surface area contributed by atoms with E-state index in [1.807, 2.05) is 66.7 Å². The van der Waals surface area contributed by atoms with Crippen LogP contribution < -0.4 is 15.0 Å². The maximum Gasteiger partial charge on any atom is 0.332 e.